The largest absolute Gasteiger partial charge is 0.330 e. The van der Waals surface area contributed by atoms with Crippen molar-refractivity contribution in [1.82, 2.24) is 14.5 Å². The van der Waals surface area contributed by atoms with Crippen molar-refractivity contribution in [2.24, 2.45) is 0 Å². The predicted octanol–water partition coefficient (Wildman–Crippen LogP) is 5.08. The van der Waals surface area contributed by atoms with Gasteiger partial charge in [0.05, 0.1) is 0 Å². The molecule has 0 spiro atoms. The van der Waals surface area contributed by atoms with Gasteiger partial charge in [-0.05, 0) is 36.3 Å². The Balaban J connectivity index is 1.80. The SMILES string of the molecule is CCN(CC)C(C(=O)Nc1cccc(Cn2ccnc2C(C)C)c1)c1ccccc1. The average Bonchev–Trinajstić information content (AvgIpc) is 3.21. The molecule has 2 aromatic carbocycles. The fourth-order valence-corrected chi connectivity index (χ4v) is 3.86. The van der Waals surface area contributed by atoms with E-state index >= 15 is 0 Å². The van der Waals surface area contributed by atoms with E-state index in [0.29, 0.717) is 5.92 Å². The second kappa shape index (κ2) is 10.2. The number of amides is 1. The summed E-state index contributed by atoms with van der Waals surface area (Å²) in [7, 11) is 0. The fourth-order valence-electron chi connectivity index (χ4n) is 3.86. The molecule has 0 aliphatic carbocycles. The van der Waals surface area contributed by atoms with E-state index in [0.717, 1.165) is 42.3 Å². The van der Waals surface area contributed by atoms with E-state index in [4.69, 9.17) is 0 Å². The Morgan fingerprint density at radius 1 is 1.07 bits per heavy atom. The van der Waals surface area contributed by atoms with Crippen molar-refractivity contribution < 1.29 is 4.79 Å². The van der Waals surface area contributed by atoms with Crippen molar-refractivity contribution in [1.29, 1.82) is 0 Å². The molecule has 5 nitrogen and oxygen atoms in total. The number of anilines is 1. The van der Waals surface area contributed by atoms with E-state index in [1.807, 2.05) is 60.9 Å². The molecule has 158 valence electrons. The summed E-state index contributed by atoms with van der Waals surface area (Å²) in [6.45, 7) is 10.8. The van der Waals surface area contributed by atoms with Gasteiger partial charge in [-0.3, -0.25) is 9.69 Å². The minimum absolute atomic E-state index is 0.00690. The lowest BCUT2D eigenvalue weighted by atomic mass is 10.0. The number of likely N-dealkylation sites (N-methyl/N-ethyl adjacent to an activating group) is 1. The summed E-state index contributed by atoms with van der Waals surface area (Å²) in [5, 5.41) is 3.14. The van der Waals surface area contributed by atoms with Gasteiger partial charge in [-0.2, -0.15) is 0 Å². The van der Waals surface area contributed by atoms with Gasteiger partial charge in [0.25, 0.3) is 0 Å². The van der Waals surface area contributed by atoms with Crippen LogP contribution in [-0.2, 0) is 11.3 Å². The second-order valence-corrected chi connectivity index (χ2v) is 7.79. The van der Waals surface area contributed by atoms with E-state index < -0.39 is 0 Å². The third-order valence-electron chi connectivity index (χ3n) is 5.35. The summed E-state index contributed by atoms with van der Waals surface area (Å²) in [4.78, 5) is 19.9. The molecule has 0 aliphatic heterocycles. The van der Waals surface area contributed by atoms with Crippen LogP contribution >= 0.6 is 0 Å². The summed E-state index contributed by atoms with van der Waals surface area (Å²) in [5.41, 5.74) is 2.96. The Kier molecular flexibility index (Phi) is 7.41. The summed E-state index contributed by atoms with van der Waals surface area (Å²) in [6.07, 6.45) is 3.85. The molecule has 1 aromatic heterocycles. The average molecular weight is 405 g/mol. The maximum atomic E-state index is 13.3. The van der Waals surface area contributed by atoms with Crippen molar-refractivity contribution in [3.05, 3.63) is 83.9 Å². The van der Waals surface area contributed by atoms with Crippen LogP contribution in [0.15, 0.2) is 67.0 Å². The summed E-state index contributed by atoms with van der Waals surface area (Å²) >= 11 is 0. The number of aromatic nitrogens is 2. The molecule has 3 rings (SSSR count). The number of carbonyl (C=O) groups is 1. The first kappa shape index (κ1) is 21.8. The van der Waals surface area contributed by atoms with Crippen molar-refractivity contribution >= 4 is 11.6 Å². The molecule has 1 heterocycles. The van der Waals surface area contributed by atoms with Crippen molar-refractivity contribution in [2.75, 3.05) is 18.4 Å². The minimum atomic E-state index is -0.314. The Morgan fingerprint density at radius 3 is 2.47 bits per heavy atom. The maximum Gasteiger partial charge on any atom is 0.246 e. The summed E-state index contributed by atoms with van der Waals surface area (Å²) in [5.74, 6) is 1.42. The summed E-state index contributed by atoms with van der Waals surface area (Å²) < 4.78 is 2.16. The van der Waals surface area contributed by atoms with E-state index in [9.17, 15) is 4.79 Å². The van der Waals surface area contributed by atoms with E-state index in [-0.39, 0.29) is 11.9 Å². The lowest BCUT2D eigenvalue weighted by Gasteiger charge is -2.29. The summed E-state index contributed by atoms with van der Waals surface area (Å²) in [6, 6.07) is 17.7. The number of rotatable bonds is 9. The van der Waals surface area contributed by atoms with Crippen LogP contribution in [0.1, 0.15) is 56.6 Å². The second-order valence-electron chi connectivity index (χ2n) is 7.79. The van der Waals surface area contributed by atoms with Gasteiger partial charge in [0, 0.05) is 30.5 Å². The van der Waals surface area contributed by atoms with Gasteiger partial charge in [0.15, 0.2) is 0 Å². The molecule has 0 bridgehead atoms. The molecule has 1 N–H and O–H groups in total. The van der Waals surface area contributed by atoms with Crippen molar-refractivity contribution in [3.8, 4) is 0 Å². The zero-order valence-corrected chi connectivity index (χ0v) is 18.4. The van der Waals surface area contributed by atoms with Crippen molar-refractivity contribution in [3.63, 3.8) is 0 Å². The lowest BCUT2D eigenvalue weighted by Crippen LogP contribution is -2.37. The van der Waals surface area contributed by atoms with Gasteiger partial charge >= 0.3 is 0 Å². The Morgan fingerprint density at radius 2 is 1.80 bits per heavy atom. The zero-order valence-electron chi connectivity index (χ0n) is 18.4. The standard InChI is InChI=1S/C25H32N4O/c1-5-28(6-2)23(21-12-8-7-9-13-21)25(30)27-22-14-10-11-20(17-22)18-29-16-15-26-24(29)19(3)4/h7-17,19,23H,5-6,18H2,1-4H3,(H,27,30). The number of carbonyl (C=O) groups excluding carboxylic acids is 1. The predicted molar refractivity (Wildman–Crippen MR) is 123 cm³/mol. The molecule has 1 amide bonds. The minimum Gasteiger partial charge on any atom is -0.330 e. The molecule has 0 saturated carbocycles. The number of hydrogen-bond acceptors (Lipinski definition) is 3. The van der Waals surface area contributed by atoms with Crippen LogP contribution < -0.4 is 5.32 Å². The van der Waals surface area contributed by atoms with Crippen LogP contribution in [0.4, 0.5) is 5.69 Å². The van der Waals surface area contributed by atoms with Gasteiger partial charge in [0.2, 0.25) is 5.91 Å². The topological polar surface area (TPSA) is 50.2 Å². The van der Waals surface area contributed by atoms with Crippen LogP contribution in [-0.4, -0.2) is 33.4 Å². The highest BCUT2D eigenvalue weighted by Crippen LogP contribution is 2.23. The molecule has 1 atom stereocenters. The third kappa shape index (κ3) is 5.16. The van der Waals surface area contributed by atoms with Gasteiger partial charge in [-0.15, -0.1) is 0 Å². The fraction of sp³-hybridized carbons (Fsp3) is 0.360. The first-order valence-corrected chi connectivity index (χ1v) is 10.7. The zero-order chi connectivity index (χ0) is 21.5. The van der Waals surface area contributed by atoms with E-state index in [1.165, 1.54) is 0 Å². The molecule has 0 saturated heterocycles. The Bertz CT molecular complexity index is 945. The molecule has 0 radical (unpaired) electrons. The molecule has 3 aromatic rings. The molecule has 30 heavy (non-hydrogen) atoms. The first-order chi connectivity index (χ1) is 14.5. The number of imidazole rings is 1. The van der Waals surface area contributed by atoms with Crippen LogP contribution in [0.3, 0.4) is 0 Å². The highest BCUT2D eigenvalue weighted by atomic mass is 16.2. The van der Waals surface area contributed by atoms with E-state index in [2.05, 4.69) is 53.5 Å². The maximum absolute atomic E-state index is 13.3. The normalized spacial score (nSPS) is 12.3. The molecular weight excluding hydrogens is 372 g/mol. The third-order valence-corrected chi connectivity index (χ3v) is 5.35. The van der Waals surface area contributed by atoms with Gasteiger partial charge in [0.1, 0.15) is 11.9 Å². The van der Waals surface area contributed by atoms with E-state index in [1.54, 1.807) is 0 Å². The smallest absolute Gasteiger partial charge is 0.246 e. The molecule has 5 heteroatoms. The molecule has 1 unspecified atom stereocenters. The first-order valence-electron chi connectivity index (χ1n) is 10.7. The van der Waals surface area contributed by atoms with Crippen LogP contribution in [0, 0.1) is 0 Å². The quantitative estimate of drug-likeness (QED) is 0.541. The van der Waals surface area contributed by atoms with Gasteiger partial charge < -0.3 is 9.88 Å². The Labute approximate surface area is 179 Å². The number of hydrogen-bond donors (Lipinski definition) is 1. The monoisotopic (exact) mass is 404 g/mol. The number of nitrogens with zero attached hydrogens (tertiary/aromatic N) is 3. The molecule has 0 fully saturated rings. The van der Waals surface area contributed by atoms with Gasteiger partial charge in [-0.25, -0.2) is 4.98 Å². The number of nitrogens with one attached hydrogen (secondary N) is 1. The van der Waals surface area contributed by atoms with Crippen LogP contribution in [0.25, 0.3) is 0 Å². The van der Waals surface area contributed by atoms with Crippen LogP contribution in [0.2, 0.25) is 0 Å². The number of benzene rings is 2. The molecular formula is C25H32N4O. The molecule has 0 aliphatic rings. The van der Waals surface area contributed by atoms with Crippen LogP contribution in [0.5, 0.6) is 0 Å². The Hall–Kier alpha value is -2.92. The van der Waals surface area contributed by atoms with Gasteiger partial charge in [-0.1, -0.05) is 70.2 Å². The van der Waals surface area contributed by atoms with Crippen molar-refractivity contribution in [2.45, 2.75) is 46.2 Å². The highest BCUT2D eigenvalue weighted by Gasteiger charge is 2.25. The lowest BCUT2D eigenvalue weighted by molar-refractivity contribution is -0.121. The highest BCUT2D eigenvalue weighted by molar-refractivity contribution is 5.95.